The number of benzene rings is 3. The first kappa shape index (κ1) is 16.5. The molecule has 0 fully saturated rings. The lowest BCUT2D eigenvalue weighted by Gasteiger charge is -2.21. The Kier molecular flexibility index (Phi) is 4.79. The molecule has 0 saturated heterocycles. The summed E-state index contributed by atoms with van der Waals surface area (Å²) in [6, 6.07) is 32.2. The first-order chi connectivity index (χ1) is 12.9. The third-order valence-corrected chi connectivity index (χ3v) is 4.89. The number of nitrogens with zero attached hydrogens (tertiary/aromatic N) is 1. The summed E-state index contributed by atoms with van der Waals surface area (Å²) in [5, 5.41) is 1.22. The molecule has 0 N–H and O–H groups in total. The highest BCUT2D eigenvalue weighted by molar-refractivity contribution is 5.79. The summed E-state index contributed by atoms with van der Waals surface area (Å²) in [5.41, 5.74) is 6.18. The van der Waals surface area contributed by atoms with Crippen molar-refractivity contribution in [3.05, 3.63) is 113 Å². The smallest absolute Gasteiger partial charge is 0.0705 e. The van der Waals surface area contributed by atoms with Crippen LogP contribution in [-0.4, -0.2) is 4.98 Å². The van der Waals surface area contributed by atoms with Crippen LogP contribution in [0.4, 0.5) is 0 Å². The Morgan fingerprint density at radius 2 is 1.31 bits per heavy atom. The van der Waals surface area contributed by atoms with Crippen LogP contribution in [0.25, 0.3) is 10.9 Å². The molecule has 1 aromatic heterocycles. The fraction of sp³-hybridized carbons (Fsp3) is 0.160. The number of para-hydroxylation sites is 1. The van der Waals surface area contributed by atoms with Crippen molar-refractivity contribution in [3.63, 3.8) is 0 Å². The highest BCUT2D eigenvalue weighted by Gasteiger charge is 2.21. The number of pyridine rings is 1. The van der Waals surface area contributed by atoms with Gasteiger partial charge in [0.1, 0.15) is 0 Å². The van der Waals surface area contributed by atoms with E-state index in [1.54, 1.807) is 0 Å². The average molecular weight is 337 g/mol. The van der Waals surface area contributed by atoms with Gasteiger partial charge in [-0.3, -0.25) is 4.98 Å². The molecule has 4 aromatic rings. The van der Waals surface area contributed by atoms with Crippen molar-refractivity contribution in [2.45, 2.75) is 25.7 Å². The van der Waals surface area contributed by atoms with Gasteiger partial charge in [-0.05, 0) is 35.2 Å². The highest BCUT2D eigenvalue weighted by atomic mass is 14.7. The maximum Gasteiger partial charge on any atom is 0.0705 e. The van der Waals surface area contributed by atoms with E-state index in [-0.39, 0.29) is 5.92 Å². The van der Waals surface area contributed by atoms with E-state index in [2.05, 4.69) is 97.9 Å². The van der Waals surface area contributed by atoms with Gasteiger partial charge in [0.2, 0.25) is 0 Å². The average Bonchev–Trinajstić information content (AvgIpc) is 2.70. The summed E-state index contributed by atoms with van der Waals surface area (Å²) < 4.78 is 0. The first-order valence-electron chi connectivity index (χ1n) is 9.35. The monoisotopic (exact) mass is 337 g/mol. The van der Waals surface area contributed by atoms with Crippen LogP contribution >= 0.6 is 0 Å². The van der Waals surface area contributed by atoms with Gasteiger partial charge in [-0.15, -0.1) is 0 Å². The lowest BCUT2D eigenvalue weighted by Crippen LogP contribution is -2.09. The van der Waals surface area contributed by atoms with Gasteiger partial charge in [0.15, 0.2) is 0 Å². The second-order valence-corrected chi connectivity index (χ2v) is 6.73. The molecular weight excluding hydrogens is 314 g/mol. The molecule has 0 radical (unpaired) electrons. The Morgan fingerprint density at radius 3 is 1.92 bits per heavy atom. The fourth-order valence-corrected chi connectivity index (χ4v) is 3.69. The molecule has 0 spiro atoms. The van der Waals surface area contributed by atoms with E-state index in [1.165, 1.54) is 27.8 Å². The number of rotatable bonds is 5. The standard InChI is InChI=1S/C25H23N/c1-2-11-22-18-21-16-9-10-17-23(21)26-25(22)24(19-12-5-3-6-13-19)20-14-7-4-8-15-20/h3-10,12-18,24H,2,11H2,1H3. The third kappa shape index (κ3) is 3.25. The summed E-state index contributed by atoms with van der Waals surface area (Å²) in [6.45, 7) is 2.24. The van der Waals surface area contributed by atoms with E-state index in [4.69, 9.17) is 4.98 Å². The molecule has 1 heteroatoms. The highest BCUT2D eigenvalue weighted by Crippen LogP contribution is 2.34. The maximum atomic E-state index is 5.15. The predicted octanol–water partition coefficient (Wildman–Crippen LogP) is 6.37. The predicted molar refractivity (Wildman–Crippen MR) is 110 cm³/mol. The van der Waals surface area contributed by atoms with Crippen molar-refractivity contribution in [2.75, 3.05) is 0 Å². The van der Waals surface area contributed by atoms with Crippen LogP contribution in [0.5, 0.6) is 0 Å². The minimum Gasteiger partial charge on any atom is -0.252 e. The third-order valence-electron chi connectivity index (χ3n) is 4.89. The van der Waals surface area contributed by atoms with Gasteiger partial charge in [-0.25, -0.2) is 0 Å². The zero-order valence-corrected chi connectivity index (χ0v) is 15.1. The Hall–Kier alpha value is -2.93. The number of fused-ring (bicyclic) bond motifs is 1. The number of hydrogen-bond acceptors (Lipinski definition) is 1. The van der Waals surface area contributed by atoms with Crippen LogP contribution in [0.1, 0.15) is 41.6 Å². The summed E-state index contributed by atoms with van der Waals surface area (Å²) in [5.74, 6) is 0.156. The summed E-state index contributed by atoms with van der Waals surface area (Å²) in [7, 11) is 0. The molecule has 0 aliphatic carbocycles. The molecule has 1 nitrogen and oxygen atoms in total. The molecular formula is C25H23N. The Morgan fingerprint density at radius 1 is 0.731 bits per heavy atom. The largest absolute Gasteiger partial charge is 0.252 e. The minimum absolute atomic E-state index is 0.156. The lowest BCUT2D eigenvalue weighted by atomic mass is 9.85. The second kappa shape index (κ2) is 7.53. The Bertz CT molecular complexity index is 951. The zero-order valence-electron chi connectivity index (χ0n) is 15.1. The first-order valence-corrected chi connectivity index (χ1v) is 9.35. The Labute approximate surface area is 155 Å². The van der Waals surface area contributed by atoms with E-state index in [1.807, 2.05) is 0 Å². The van der Waals surface area contributed by atoms with Crippen LogP contribution in [0.2, 0.25) is 0 Å². The van der Waals surface area contributed by atoms with Crippen LogP contribution in [0.15, 0.2) is 91.0 Å². The molecule has 0 atom stereocenters. The van der Waals surface area contributed by atoms with Gasteiger partial charge in [-0.2, -0.15) is 0 Å². The van der Waals surface area contributed by atoms with Crippen molar-refractivity contribution < 1.29 is 0 Å². The molecule has 3 aromatic carbocycles. The van der Waals surface area contributed by atoms with Crippen LogP contribution < -0.4 is 0 Å². The van der Waals surface area contributed by atoms with Gasteiger partial charge < -0.3 is 0 Å². The quantitative estimate of drug-likeness (QED) is 0.412. The van der Waals surface area contributed by atoms with Crippen molar-refractivity contribution >= 4 is 10.9 Å². The number of hydrogen-bond donors (Lipinski definition) is 0. The van der Waals surface area contributed by atoms with E-state index >= 15 is 0 Å². The minimum atomic E-state index is 0.156. The molecule has 0 bridgehead atoms. The summed E-state index contributed by atoms with van der Waals surface area (Å²) in [6.07, 6.45) is 2.16. The van der Waals surface area contributed by atoms with Gasteiger partial charge in [-0.1, -0.05) is 92.2 Å². The van der Waals surface area contributed by atoms with E-state index < -0.39 is 0 Å². The topological polar surface area (TPSA) is 12.9 Å². The molecule has 0 saturated carbocycles. The normalized spacial score (nSPS) is 11.2. The summed E-state index contributed by atoms with van der Waals surface area (Å²) in [4.78, 5) is 5.15. The van der Waals surface area contributed by atoms with Crippen LogP contribution in [0.3, 0.4) is 0 Å². The van der Waals surface area contributed by atoms with E-state index in [9.17, 15) is 0 Å². The molecule has 1 heterocycles. The van der Waals surface area contributed by atoms with E-state index in [0.717, 1.165) is 18.4 Å². The number of aryl methyl sites for hydroxylation is 1. The second-order valence-electron chi connectivity index (χ2n) is 6.73. The molecule has 0 aliphatic rings. The van der Waals surface area contributed by atoms with Gasteiger partial charge in [0.25, 0.3) is 0 Å². The van der Waals surface area contributed by atoms with Crippen molar-refractivity contribution in [3.8, 4) is 0 Å². The van der Waals surface area contributed by atoms with Gasteiger partial charge in [0.05, 0.1) is 17.1 Å². The lowest BCUT2D eigenvalue weighted by molar-refractivity contribution is 0.848. The number of aromatic nitrogens is 1. The molecule has 0 amide bonds. The molecule has 4 rings (SSSR count). The SMILES string of the molecule is CCCc1cc2ccccc2nc1C(c1ccccc1)c1ccccc1. The molecule has 26 heavy (non-hydrogen) atoms. The molecule has 128 valence electrons. The fourth-order valence-electron chi connectivity index (χ4n) is 3.69. The maximum absolute atomic E-state index is 5.15. The van der Waals surface area contributed by atoms with Gasteiger partial charge in [0, 0.05) is 5.39 Å². The molecule has 0 unspecified atom stereocenters. The van der Waals surface area contributed by atoms with Crippen molar-refractivity contribution in [1.82, 2.24) is 4.98 Å². The Balaban J connectivity index is 1.97. The van der Waals surface area contributed by atoms with Crippen LogP contribution in [-0.2, 0) is 6.42 Å². The van der Waals surface area contributed by atoms with Crippen LogP contribution in [0, 0.1) is 0 Å². The molecule has 0 aliphatic heterocycles. The summed E-state index contributed by atoms with van der Waals surface area (Å²) >= 11 is 0. The van der Waals surface area contributed by atoms with Crippen molar-refractivity contribution in [2.24, 2.45) is 0 Å². The van der Waals surface area contributed by atoms with Gasteiger partial charge >= 0.3 is 0 Å². The van der Waals surface area contributed by atoms with Crippen molar-refractivity contribution in [1.29, 1.82) is 0 Å². The van der Waals surface area contributed by atoms with E-state index in [0.29, 0.717) is 0 Å². The zero-order chi connectivity index (χ0) is 17.8.